The van der Waals surface area contributed by atoms with Crippen molar-refractivity contribution in [1.29, 1.82) is 0 Å². The first-order valence-corrected chi connectivity index (χ1v) is 9.44. The van der Waals surface area contributed by atoms with Gasteiger partial charge in [-0.3, -0.25) is 4.79 Å². The van der Waals surface area contributed by atoms with Gasteiger partial charge in [-0.05, 0) is 66.2 Å². The summed E-state index contributed by atoms with van der Waals surface area (Å²) in [6.45, 7) is 16.5. The highest BCUT2D eigenvalue weighted by atomic mass is 16.5. The fourth-order valence-corrected chi connectivity index (χ4v) is 2.70. The lowest BCUT2D eigenvalue weighted by molar-refractivity contribution is -0.139. The summed E-state index contributed by atoms with van der Waals surface area (Å²) in [5.41, 5.74) is -2.21. The van der Waals surface area contributed by atoms with Crippen molar-refractivity contribution in [3.8, 4) is 23.3 Å². The van der Waals surface area contributed by atoms with Gasteiger partial charge < -0.3 is 19.9 Å². The smallest absolute Gasteiger partial charge is 0.251 e. The summed E-state index contributed by atoms with van der Waals surface area (Å²) < 4.78 is 11.6. The molecule has 0 fully saturated rings. The van der Waals surface area contributed by atoms with Crippen molar-refractivity contribution in [3.63, 3.8) is 0 Å². The number of methoxy groups -OCH3 is 1. The maximum absolute atomic E-state index is 12.3. The average Bonchev–Trinajstić information content (AvgIpc) is 2.53. The molecule has 156 valence electrons. The number of hydrogen-bond donors (Lipinski definition) is 2. The van der Waals surface area contributed by atoms with Crippen LogP contribution in [0.15, 0.2) is 18.2 Å². The first-order chi connectivity index (χ1) is 12.6. The van der Waals surface area contributed by atoms with Crippen molar-refractivity contribution in [2.45, 2.75) is 84.5 Å². The Morgan fingerprint density at radius 3 is 2.07 bits per heavy atom. The molecule has 0 spiro atoms. The van der Waals surface area contributed by atoms with Gasteiger partial charge in [-0.15, -0.1) is 5.92 Å². The second kappa shape index (κ2) is 8.05. The summed E-state index contributed by atoms with van der Waals surface area (Å²) in [5.74, 6) is 6.69. The molecule has 1 amide bonds. The predicted octanol–water partition coefficient (Wildman–Crippen LogP) is 3.82. The van der Waals surface area contributed by atoms with Gasteiger partial charge in [0, 0.05) is 11.0 Å². The fourth-order valence-electron chi connectivity index (χ4n) is 2.70. The molecule has 1 aromatic rings. The Balaban J connectivity index is 3.27. The van der Waals surface area contributed by atoms with Crippen molar-refractivity contribution in [2.24, 2.45) is 0 Å². The molecule has 0 heterocycles. The Bertz CT molecular complexity index is 774. The van der Waals surface area contributed by atoms with Crippen LogP contribution in [0, 0.1) is 11.8 Å². The highest BCUT2D eigenvalue weighted by molar-refractivity contribution is 5.84. The van der Waals surface area contributed by atoms with Crippen molar-refractivity contribution >= 4 is 5.91 Å². The Hall–Kier alpha value is -2.19. The van der Waals surface area contributed by atoms with Crippen LogP contribution < -0.4 is 14.8 Å². The molecule has 0 saturated heterocycles. The van der Waals surface area contributed by atoms with E-state index in [-0.39, 0.29) is 0 Å². The van der Waals surface area contributed by atoms with Crippen LogP contribution in [0.25, 0.3) is 0 Å². The standard InChI is InChI=1S/C23H35NO4/c1-11-14-20(2,3)28-17-13-12-16(15-18(17)27-10)21(4,5)23(8,9)24-19(25)22(6,7)26/h12-13,15,26H,1-10H3,(H,24,25). The average molecular weight is 390 g/mol. The Labute approximate surface area is 169 Å². The van der Waals surface area contributed by atoms with Gasteiger partial charge in [-0.25, -0.2) is 0 Å². The van der Waals surface area contributed by atoms with Crippen molar-refractivity contribution in [2.75, 3.05) is 7.11 Å². The Kier molecular flexibility index (Phi) is 6.85. The normalized spacial score (nSPS) is 12.7. The molecule has 0 aliphatic rings. The van der Waals surface area contributed by atoms with Crippen LogP contribution in [-0.2, 0) is 10.2 Å². The molecular weight excluding hydrogens is 354 g/mol. The molecule has 0 aliphatic heterocycles. The van der Waals surface area contributed by atoms with Crippen LogP contribution in [0.4, 0.5) is 0 Å². The molecule has 2 N–H and O–H groups in total. The van der Waals surface area contributed by atoms with Crippen LogP contribution in [0.2, 0.25) is 0 Å². The van der Waals surface area contributed by atoms with Gasteiger partial charge in [0.25, 0.3) is 5.91 Å². The van der Waals surface area contributed by atoms with E-state index in [9.17, 15) is 9.90 Å². The molecule has 5 heteroatoms. The molecule has 0 saturated carbocycles. The number of rotatable bonds is 7. The zero-order valence-corrected chi connectivity index (χ0v) is 18.9. The lowest BCUT2D eigenvalue weighted by Crippen LogP contribution is -2.59. The van der Waals surface area contributed by atoms with Crippen molar-refractivity contribution in [1.82, 2.24) is 5.32 Å². The van der Waals surface area contributed by atoms with Crippen molar-refractivity contribution in [3.05, 3.63) is 23.8 Å². The largest absolute Gasteiger partial charge is 0.493 e. The summed E-state index contributed by atoms with van der Waals surface area (Å²) in [7, 11) is 1.60. The molecule has 0 aliphatic carbocycles. The third-order valence-corrected chi connectivity index (χ3v) is 5.22. The number of carbonyl (C=O) groups excluding carboxylic acids is 1. The number of carbonyl (C=O) groups is 1. The topological polar surface area (TPSA) is 67.8 Å². The van der Waals surface area contributed by atoms with E-state index in [1.165, 1.54) is 13.8 Å². The van der Waals surface area contributed by atoms with Gasteiger partial charge in [0.2, 0.25) is 0 Å². The van der Waals surface area contributed by atoms with Crippen LogP contribution >= 0.6 is 0 Å². The first-order valence-electron chi connectivity index (χ1n) is 9.44. The number of aliphatic hydroxyl groups is 1. The van der Waals surface area contributed by atoms with E-state index < -0.39 is 28.1 Å². The molecule has 0 unspecified atom stereocenters. The predicted molar refractivity (Wildman–Crippen MR) is 113 cm³/mol. The lowest BCUT2D eigenvalue weighted by atomic mass is 9.69. The van der Waals surface area contributed by atoms with Gasteiger partial charge in [0.1, 0.15) is 5.60 Å². The zero-order valence-electron chi connectivity index (χ0n) is 18.9. The summed E-state index contributed by atoms with van der Waals surface area (Å²) in [4.78, 5) is 12.3. The molecule has 5 nitrogen and oxygen atoms in total. The maximum atomic E-state index is 12.3. The van der Waals surface area contributed by atoms with Crippen LogP contribution in [0.5, 0.6) is 11.5 Å². The van der Waals surface area contributed by atoms with Gasteiger partial charge in [0.15, 0.2) is 17.1 Å². The summed E-state index contributed by atoms with van der Waals surface area (Å²) in [6.07, 6.45) is 0. The minimum atomic E-state index is -1.45. The quantitative estimate of drug-likeness (QED) is 0.696. The fraction of sp³-hybridized carbons (Fsp3) is 0.609. The monoisotopic (exact) mass is 389 g/mol. The Morgan fingerprint density at radius 1 is 1.04 bits per heavy atom. The summed E-state index contributed by atoms with van der Waals surface area (Å²) in [6, 6.07) is 5.75. The SMILES string of the molecule is CC#CC(C)(C)Oc1ccc(C(C)(C)C(C)(C)NC(=O)C(C)(C)O)cc1OC. The minimum absolute atomic E-state index is 0.419. The summed E-state index contributed by atoms with van der Waals surface area (Å²) in [5, 5.41) is 13.0. The first kappa shape index (κ1) is 23.8. The zero-order chi connectivity index (χ0) is 22.0. The van der Waals surface area contributed by atoms with E-state index in [0.29, 0.717) is 11.5 Å². The molecule has 1 aromatic carbocycles. The van der Waals surface area contributed by atoms with Crippen molar-refractivity contribution < 1.29 is 19.4 Å². The second-order valence-corrected chi connectivity index (χ2v) is 9.12. The van der Waals surface area contributed by atoms with E-state index in [1.807, 2.05) is 59.7 Å². The minimum Gasteiger partial charge on any atom is -0.493 e. The van der Waals surface area contributed by atoms with Gasteiger partial charge in [0.05, 0.1) is 7.11 Å². The highest BCUT2D eigenvalue weighted by Gasteiger charge is 2.42. The van der Waals surface area contributed by atoms with E-state index >= 15 is 0 Å². The maximum Gasteiger partial charge on any atom is 0.251 e. The van der Waals surface area contributed by atoms with Gasteiger partial charge in [-0.2, -0.15) is 0 Å². The lowest BCUT2D eigenvalue weighted by Gasteiger charge is -2.44. The molecule has 0 aromatic heterocycles. The van der Waals surface area contributed by atoms with E-state index in [2.05, 4.69) is 17.2 Å². The number of hydrogen-bond acceptors (Lipinski definition) is 4. The van der Waals surface area contributed by atoms with Crippen LogP contribution in [0.3, 0.4) is 0 Å². The Morgan fingerprint density at radius 2 is 1.61 bits per heavy atom. The highest BCUT2D eigenvalue weighted by Crippen LogP contribution is 2.40. The third kappa shape index (κ3) is 5.42. The number of amides is 1. The molecular formula is C23H35NO4. The molecule has 1 rings (SSSR count). The molecule has 0 radical (unpaired) electrons. The molecule has 0 atom stereocenters. The second-order valence-electron chi connectivity index (χ2n) is 9.12. The molecule has 0 bridgehead atoms. The van der Waals surface area contributed by atoms with Gasteiger partial charge in [-0.1, -0.05) is 25.8 Å². The van der Waals surface area contributed by atoms with Crippen LogP contribution in [0.1, 0.15) is 67.9 Å². The van der Waals surface area contributed by atoms with Gasteiger partial charge >= 0.3 is 0 Å². The number of ether oxygens (including phenoxy) is 2. The third-order valence-electron chi connectivity index (χ3n) is 5.22. The number of benzene rings is 1. The van der Waals surface area contributed by atoms with E-state index in [1.54, 1.807) is 14.0 Å². The van der Waals surface area contributed by atoms with E-state index in [0.717, 1.165) is 5.56 Å². The molecule has 28 heavy (non-hydrogen) atoms. The summed E-state index contributed by atoms with van der Waals surface area (Å²) >= 11 is 0. The van der Waals surface area contributed by atoms with E-state index in [4.69, 9.17) is 9.47 Å². The van der Waals surface area contributed by atoms with Crippen LogP contribution in [-0.4, -0.2) is 34.9 Å². The number of nitrogens with one attached hydrogen (secondary N) is 1.